The van der Waals surface area contributed by atoms with Crippen LogP contribution in [0.4, 0.5) is 11.4 Å². The molecule has 3 N–H and O–H groups in total. The van der Waals surface area contributed by atoms with Crippen LogP contribution in [0.25, 0.3) is 0 Å². The highest BCUT2D eigenvalue weighted by Crippen LogP contribution is 2.28. The average Bonchev–Trinajstić information content (AvgIpc) is 2.31. The minimum Gasteiger partial charge on any atom is -0.389 e. The van der Waals surface area contributed by atoms with E-state index in [1.807, 2.05) is 36.4 Å². The van der Waals surface area contributed by atoms with Crippen molar-refractivity contribution in [1.29, 1.82) is 0 Å². The lowest BCUT2D eigenvalue weighted by atomic mass is 10.1. The van der Waals surface area contributed by atoms with Crippen LogP contribution in [0.2, 0.25) is 5.02 Å². The summed E-state index contributed by atoms with van der Waals surface area (Å²) in [5.41, 5.74) is 8.20. The van der Waals surface area contributed by atoms with Gasteiger partial charge in [0.15, 0.2) is 0 Å². The minimum atomic E-state index is 0.286. The number of benzene rings is 2. The molecular weight excluding hydrogens is 379 g/mol. The molecule has 0 unspecified atom stereocenters. The zero-order valence-corrected chi connectivity index (χ0v) is 13.0. The molecule has 5 heteroatoms. The van der Waals surface area contributed by atoms with Crippen molar-refractivity contribution in [1.82, 2.24) is 0 Å². The fourth-order valence-corrected chi connectivity index (χ4v) is 2.66. The van der Waals surface area contributed by atoms with Crippen LogP contribution in [0.3, 0.4) is 0 Å². The number of nitrogens with two attached hydrogens (primary N) is 1. The first-order valence-corrected chi connectivity index (χ1v) is 7.06. The van der Waals surface area contributed by atoms with Gasteiger partial charge in [0, 0.05) is 3.57 Å². The lowest BCUT2D eigenvalue weighted by Gasteiger charge is -2.13. The Hall–Kier alpha value is -0.850. The van der Waals surface area contributed by atoms with Crippen LogP contribution in [0, 0.1) is 3.57 Å². The van der Waals surface area contributed by atoms with Crippen molar-refractivity contribution < 1.29 is 0 Å². The first-order valence-electron chi connectivity index (χ1n) is 5.19. The summed E-state index contributed by atoms with van der Waals surface area (Å²) in [5, 5.41) is 3.86. The number of para-hydroxylation sites is 1. The summed E-state index contributed by atoms with van der Waals surface area (Å²) in [7, 11) is 0. The van der Waals surface area contributed by atoms with Crippen molar-refractivity contribution in [3.05, 3.63) is 56.6 Å². The molecule has 18 heavy (non-hydrogen) atoms. The molecule has 0 aliphatic heterocycles. The van der Waals surface area contributed by atoms with E-state index in [2.05, 4.69) is 27.9 Å². The van der Waals surface area contributed by atoms with Gasteiger partial charge >= 0.3 is 0 Å². The van der Waals surface area contributed by atoms with E-state index in [1.165, 1.54) is 0 Å². The molecule has 0 bridgehead atoms. The third kappa shape index (κ3) is 2.93. The number of hydrogen-bond acceptors (Lipinski definition) is 2. The Morgan fingerprint density at radius 3 is 2.44 bits per heavy atom. The predicted octanol–water partition coefficient (Wildman–Crippen LogP) is 4.32. The van der Waals surface area contributed by atoms with Gasteiger partial charge in [0.1, 0.15) is 4.99 Å². The van der Waals surface area contributed by atoms with E-state index in [-0.39, 0.29) is 4.99 Å². The Kier molecular flexibility index (Phi) is 4.42. The van der Waals surface area contributed by atoms with E-state index >= 15 is 0 Å². The topological polar surface area (TPSA) is 38.0 Å². The Balaban J connectivity index is 2.44. The molecular formula is C13H10ClIN2S. The number of nitrogens with one attached hydrogen (secondary N) is 1. The third-order valence-corrected chi connectivity index (χ3v) is 3.86. The van der Waals surface area contributed by atoms with Crippen LogP contribution in [0.5, 0.6) is 0 Å². The van der Waals surface area contributed by atoms with Crippen molar-refractivity contribution >= 4 is 62.8 Å². The molecule has 2 aromatic carbocycles. The first kappa shape index (κ1) is 13.6. The van der Waals surface area contributed by atoms with Crippen LogP contribution >= 0.6 is 46.4 Å². The summed E-state index contributed by atoms with van der Waals surface area (Å²) in [6, 6.07) is 13.5. The second-order valence-corrected chi connectivity index (χ2v) is 5.64. The van der Waals surface area contributed by atoms with E-state index in [1.54, 1.807) is 6.07 Å². The molecule has 2 aromatic rings. The average molecular weight is 389 g/mol. The minimum absolute atomic E-state index is 0.286. The lowest BCUT2D eigenvalue weighted by molar-refractivity contribution is 1.50. The summed E-state index contributed by atoms with van der Waals surface area (Å²) in [4.78, 5) is 0.286. The molecule has 2 rings (SSSR count). The normalized spacial score (nSPS) is 10.1. The maximum atomic E-state index is 6.12. The lowest BCUT2D eigenvalue weighted by Crippen LogP contribution is -2.12. The largest absolute Gasteiger partial charge is 0.389 e. The van der Waals surface area contributed by atoms with Gasteiger partial charge in [-0.15, -0.1) is 0 Å². The van der Waals surface area contributed by atoms with Crippen molar-refractivity contribution in [3.63, 3.8) is 0 Å². The second kappa shape index (κ2) is 5.86. The smallest absolute Gasteiger partial charge is 0.107 e. The molecule has 0 heterocycles. The highest BCUT2D eigenvalue weighted by atomic mass is 127. The zero-order chi connectivity index (χ0) is 13.1. The van der Waals surface area contributed by atoms with E-state index in [0.717, 1.165) is 14.9 Å². The number of rotatable bonds is 3. The summed E-state index contributed by atoms with van der Waals surface area (Å²) in [6.45, 7) is 0. The summed E-state index contributed by atoms with van der Waals surface area (Å²) in [6.07, 6.45) is 0. The Bertz CT molecular complexity index is 601. The maximum Gasteiger partial charge on any atom is 0.107 e. The van der Waals surface area contributed by atoms with Crippen LogP contribution in [-0.2, 0) is 0 Å². The van der Waals surface area contributed by atoms with E-state index in [0.29, 0.717) is 10.6 Å². The molecule has 0 spiro atoms. The Morgan fingerprint density at radius 1 is 1.11 bits per heavy atom. The van der Waals surface area contributed by atoms with E-state index in [9.17, 15) is 0 Å². The first-order chi connectivity index (χ1) is 8.59. The molecule has 0 saturated carbocycles. The van der Waals surface area contributed by atoms with Gasteiger partial charge in [-0.3, -0.25) is 0 Å². The van der Waals surface area contributed by atoms with Crippen LogP contribution < -0.4 is 11.1 Å². The van der Waals surface area contributed by atoms with E-state index < -0.39 is 0 Å². The van der Waals surface area contributed by atoms with Gasteiger partial charge in [-0.1, -0.05) is 42.0 Å². The SMILES string of the molecule is NC(=S)c1c(Cl)cccc1Nc1ccccc1I. The molecule has 0 aliphatic rings. The molecule has 0 aromatic heterocycles. The maximum absolute atomic E-state index is 6.12. The molecule has 0 aliphatic carbocycles. The molecule has 0 saturated heterocycles. The molecule has 0 atom stereocenters. The number of thiocarbonyl (C=S) groups is 1. The molecule has 0 amide bonds. The zero-order valence-electron chi connectivity index (χ0n) is 9.28. The quantitative estimate of drug-likeness (QED) is 0.607. The van der Waals surface area contributed by atoms with Gasteiger partial charge in [-0.25, -0.2) is 0 Å². The van der Waals surface area contributed by atoms with Gasteiger partial charge in [0.2, 0.25) is 0 Å². The van der Waals surface area contributed by atoms with Gasteiger partial charge in [0.25, 0.3) is 0 Å². The number of hydrogen-bond donors (Lipinski definition) is 2. The van der Waals surface area contributed by atoms with Gasteiger partial charge in [-0.2, -0.15) is 0 Å². The highest BCUT2D eigenvalue weighted by Gasteiger charge is 2.10. The second-order valence-electron chi connectivity index (χ2n) is 3.63. The van der Waals surface area contributed by atoms with Crippen molar-refractivity contribution in [2.24, 2.45) is 5.73 Å². The molecule has 2 nitrogen and oxygen atoms in total. The predicted molar refractivity (Wildman–Crippen MR) is 89.8 cm³/mol. The van der Waals surface area contributed by atoms with Crippen molar-refractivity contribution in [2.45, 2.75) is 0 Å². The number of anilines is 2. The Labute approximate surface area is 130 Å². The fourth-order valence-electron chi connectivity index (χ4n) is 1.59. The molecule has 0 radical (unpaired) electrons. The third-order valence-electron chi connectivity index (χ3n) is 2.40. The standard InChI is InChI=1S/C13H10ClIN2S/c14-8-4-3-7-11(12(8)13(16)18)17-10-6-2-1-5-9(10)15/h1-7,17H,(H2,16,18). The fraction of sp³-hybridized carbons (Fsp3) is 0. The van der Waals surface area contributed by atoms with Gasteiger partial charge < -0.3 is 11.1 Å². The molecule has 92 valence electrons. The molecule has 0 fully saturated rings. The summed E-state index contributed by atoms with van der Waals surface area (Å²) < 4.78 is 1.11. The van der Waals surface area contributed by atoms with Crippen LogP contribution in [-0.4, -0.2) is 4.99 Å². The monoisotopic (exact) mass is 388 g/mol. The van der Waals surface area contributed by atoms with Gasteiger partial charge in [0.05, 0.1) is 22.0 Å². The van der Waals surface area contributed by atoms with Crippen molar-refractivity contribution in [2.75, 3.05) is 5.32 Å². The van der Waals surface area contributed by atoms with Crippen molar-refractivity contribution in [3.8, 4) is 0 Å². The summed E-state index contributed by atoms with van der Waals surface area (Å²) in [5.74, 6) is 0. The summed E-state index contributed by atoms with van der Waals surface area (Å²) >= 11 is 13.4. The van der Waals surface area contributed by atoms with E-state index in [4.69, 9.17) is 29.6 Å². The highest BCUT2D eigenvalue weighted by molar-refractivity contribution is 14.1. The number of halogens is 2. The Morgan fingerprint density at radius 2 is 1.78 bits per heavy atom. The van der Waals surface area contributed by atoms with Crippen LogP contribution in [0.1, 0.15) is 5.56 Å². The van der Waals surface area contributed by atoms with Crippen LogP contribution in [0.15, 0.2) is 42.5 Å². The van der Waals surface area contributed by atoms with Gasteiger partial charge in [-0.05, 0) is 46.9 Å².